The summed E-state index contributed by atoms with van der Waals surface area (Å²) >= 11 is 0. The lowest BCUT2D eigenvalue weighted by atomic mass is 10.1. The predicted octanol–water partition coefficient (Wildman–Crippen LogP) is 1.50. The fourth-order valence-electron chi connectivity index (χ4n) is 2.71. The minimum absolute atomic E-state index is 0.134. The van der Waals surface area contributed by atoms with E-state index in [4.69, 9.17) is 15.9 Å². The van der Waals surface area contributed by atoms with E-state index < -0.39 is 22.2 Å². The Bertz CT molecular complexity index is 1020. The van der Waals surface area contributed by atoms with Gasteiger partial charge in [0.15, 0.2) is 11.5 Å². The first-order valence-corrected chi connectivity index (χ1v) is 11.0. The van der Waals surface area contributed by atoms with Gasteiger partial charge in [-0.05, 0) is 29.7 Å². The quantitative estimate of drug-likeness (QED) is 0.511. The number of carbonyl (C=O) groups excluding carboxylic acids is 1. The molecule has 0 aromatic heterocycles. The lowest BCUT2D eigenvalue weighted by molar-refractivity contribution is -0.122. The maximum Gasteiger partial charge on any atom is 0.279 e. The summed E-state index contributed by atoms with van der Waals surface area (Å²) in [5, 5.41) is 2.79. The zero-order valence-electron chi connectivity index (χ0n) is 17.8. The Morgan fingerprint density at radius 2 is 1.87 bits per heavy atom. The van der Waals surface area contributed by atoms with Gasteiger partial charge in [-0.3, -0.25) is 4.79 Å². The molecule has 2 N–H and O–H groups in total. The van der Waals surface area contributed by atoms with Crippen LogP contribution in [0.3, 0.4) is 0 Å². The van der Waals surface area contributed by atoms with E-state index in [0.717, 1.165) is 9.87 Å². The number of amides is 1. The second-order valence-electron chi connectivity index (χ2n) is 6.77. The second-order valence-corrected chi connectivity index (χ2v) is 8.68. The zero-order chi connectivity index (χ0) is 22.9. The molecule has 0 heterocycles. The van der Waals surface area contributed by atoms with Crippen molar-refractivity contribution in [1.82, 2.24) is 14.3 Å². The Morgan fingerprint density at radius 1 is 1.16 bits per heavy atom. The SMILES string of the molecule is C#CCOc1ccc(CCNC(=O)C(NS(=O)(=O)N(C)C)c2ccccc2)cc1OC. The number of hydrogen-bond acceptors (Lipinski definition) is 5. The average molecular weight is 446 g/mol. The molecule has 8 nitrogen and oxygen atoms in total. The van der Waals surface area contributed by atoms with Gasteiger partial charge in [-0.1, -0.05) is 42.3 Å². The molecule has 0 saturated heterocycles. The first-order chi connectivity index (χ1) is 14.8. The molecular weight excluding hydrogens is 418 g/mol. The molecule has 2 rings (SSSR count). The van der Waals surface area contributed by atoms with Crippen LogP contribution < -0.4 is 19.5 Å². The zero-order valence-corrected chi connectivity index (χ0v) is 18.6. The predicted molar refractivity (Wildman–Crippen MR) is 119 cm³/mol. The molecule has 2 aromatic carbocycles. The van der Waals surface area contributed by atoms with Gasteiger partial charge < -0.3 is 14.8 Å². The number of terminal acetylenes is 1. The lowest BCUT2D eigenvalue weighted by Gasteiger charge is -2.21. The highest BCUT2D eigenvalue weighted by molar-refractivity contribution is 7.87. The summed E-state index contributed by atoms with van der Waals surface area (Å²) < 4.78 is 38.8. The van der Waals surface area contributed by atoms with Gasteiger partial charge in [0.1, 0.15) is 12.6 Å². The average Bonchev–Trinajstić information content (AvgIpc) is 2.76. The van der Waals surface area contributed by atoms with Crippen molar-refractivity contribution in [1.29, 1.82) is 0 Å². The maximum absolute atomic E-state index is 12.8. The van der Waals surface area contributed by atoms with Crippen molar-refractivity contribution < 1.29 is 22.7 Å². The summed E-state index contributed by atoms with van der Waals surface area (Å²) in [6.07, 6.45) is 5.72. The number of hydrogen-bond donors (Lipinski definition) is 2. The van der Waals surface area contributed by atoms with Gasteiger partial charge in [0.2, 0.25) is 5.91 Å². The highest BCUT2D eigenvalue weighted by Gasteiger charge is 2.27. The van der Waals surface area contributed by atoms with Crippen LogP contribution in [0.1, 0.15) is 17.2 Å². The third-order valence-electron chi connectivity index (χ3n) is 4.39. The van der Waals surface area contributed by atoms with Crippen LogP contribution in [0.4, 0.5) is 0 Å². The molecule has 0 aliphatic heterocycles. The van der Waals surface area contributed by atoms with Crippen LogP contribution >= 0.6 is 0 Å². The van der Waals surface area contributed by atoms with Crippen molar-refractivity contribution in [3.63, 3.8) is 0 Å². The summed E-state index contributed by atoms with van der Waals surface area (Å²) in [6.45, 7) is 0.440. The second kappa shape index (κ2) is 11.4. The molecule has 166 valence electrons. The van der Waals surface area contributed by atoms with E-state index in [-0.39, 0.29) is 6.61 Å². The molecule has 0 spiro atoms. The molecule has 1 atom stereocenters. The van der Waals surface area contributed by atoms with E-state index in [1.165, 1.54) is 21.2 Å². The van der Waals surface area contributed by atoms with Gasteiger partial charge in [0, 0.05) is 20.6 Å². The fraction of sp³-hybridized carbons (Fsp3) is 0.318. The topological polar surface area (TPSA) is 97.0 Å². The van der Waals surface area contributed by atoms with Crippen molar-refractivity contribution in [2.45, 2.75) is 12.5 Å². The van der Waals surface area contributed by atoms with Gasteiger partial charge in [-0.2, -0.15) is 17.4 Å². The van der Waals surface area contributed by atoms with Gasteiger partial charge in [-0.15, -0.1) is 6.42 Å². The van der Waals surface area contributed by atoms with E-state index in [9.17, 15) is 13.2 Å². The van der Waals surface area contributed by atoms with Crippen LogP contribution in [0, 0.1) is 12.3 Å². The largest absolute Gasteiger partial charge is 0.493 e. The highest BCUT2D eigenvalue weighted by Crippen LogP contribution is 2.28. The molecule has 0 aliphatic carbocycles. The number of nitrogens with zero attached hydrogens (tertiary/aromatic N) is 1. The van der Waals surface area contributed by atoms with Crippen LogP contribution in [-0.4, -0.2) is 53.0 Å². The number of benzene rings is 2. The molecule has 31 heavy (non-hydrogen) atoms. The normalized spacial score (nSPS) is 12.1. The third kappa shape index (κ3) is 7.00. The van der Waals surface area contributed by atoms with Gasteiger partial charge in [0.25, 0.3) is 10.2 Å². The van der Waals surface area contributed by atoms with Crippen molar-refractivity contribution in [3.05, 3.63) is 59.7 Å². The Balaban J connectivity index is 2.07. The molecule has 1 unspecified atom stereocenters. The van der Waals surface area contributed by atoms with Gasteiger partial charge in [0.05, 0.1) is 7.11 Å². The van der Waals surface area contributed by atoms with Crippen LogP contribution in [0.2, 0.25) is 0 Å². The summed E-state index contributed by atoms with van der Waals surface area (Å²) in [7, 11) is 0.512. The van der Waals surface area contributed by atoms with Crippen LogP contribution in [0.25, 0.3) is 0 Å². The molecular formula is C22H27N3O5S. The Morgan fingerprint density at radius 3 is 2.48 bits per heavy atom. The molecule has 0 saturated carbocycles. The van der Waals surface area contributed by atoms with Crippen molar-refractivity contribution in [3.8, 4) is 23.8 Å². The van der Waals surface area contributed by atoms with Gasteiger partial charge in [-0.25, -0.2) is 0 Å². The summed E-state index contributed by atoms with van der Waals surface area (Å²) in [5.41, 5.74) is 1.46. The minimum atomic E-state index is -3.81. The number of nitrogens with one attached hydrogen (secondary N) is 2. The molecule has 2 aromatic rings. The minimum Gasteiger partial charge on any atom is -0.493 e. The van der Waals surface area contributed by atoms with E-state index in [0.29, 0.717) is 30.0 Å². The molecule has 0 fully saturated rings. The number of carbonyl (C=O) groups is 1. The smallest absolute Gasteiger partial charge is 0.279 e. The van der Waals surface area contributed by atoms with E-state index in [1.807, 2.05) is 6.07 Å². The summed E-state index contributed by atoms with van der Waals surface area (Å²) in [5.74, 6) is 3.03. The van der Waals surface area contributed by atoms with Crippen LogP contribution in [0.15, 0.2) is 48.5 Å². The van der Waals surface area contributed by atoms with Crippen molar-refractivity contribution in [2.24, 2.45) is 0 Å². The monoisotopic (exact) mass is 445 g/mol. The highest BCUT2D eigenvalue weighted by atomic mass is 32.2. The van der Waals surface area contributed by atoms with Crippen molar-refractivity contribution >= 4 is 16.1 Å². The van der Waals surface area contributed by atoms with Crippen LogP contribution in [0.5, 0.6) is 11.5 Å². The number of ether oxygens (including phenoxy) is 2. The Kier molecular flexibility index (Phi) is 8.88. The summed E-state index contributed by atoms with van der Waals surface area (Å²) in [4.78, 5) is 12.8. The molecule has 9 heteroatoms. The Hall–Kier alpha value is -3.06. The molecule has 0 aliphatic rings. The van der Waals surface area contributed by atoms with E-state index in [1.54, 1.807) is 42.5 Å². The molecule has 0 radical (unpaired) electrons. The van der Waals surface area contributed by atoms with Crippen molar-refractivity contribution in [2.75, 3.05) is 34.4 Å². The summed E-state index contributed by atoms with van der Waals surface area (Å²) in [6, 6.07) is 13.0. The Labute approximate surface area is 183 Å². The third-order valence-corrected chi connectivity index (χ3v) is 5.89. The maximum atomic E-state index is 12.8. The van der Waals surface area contributed by atoms with Gasteiger partial charge >= 0.3 is 0 Å². The standard InChI is InChI=1S/C22H27N3O5S/c1-5-15-30-19-12-11-17(16-20(19)29-4)13-14-23-22(26)21(18-9-7-6-8-10-18)24-31(27,28)25(2)3/h1,6-12,16,21,24H,13-15H2,2-4H3,(H,23,26). The van der Waals surface area contributed by atoms with Crippen LogP contribution in [-0.2, 0) is 21.4 Å². The van der Waals surface area contributed by atoms with E-state index in [2.05, 4.69) is 16.0 Å². The lowest BCUT2D eigenvalue weighted by Crippen LogP contribution is -2.45. The first kappa shape index (κ1) is 24.2. The number of methoxy groups -OCH3 is 1. The fourth-order valence-corrected chi connectivity index (χ4v) is 3.46. The van der Waals surface area contributed by atoms with E-state index >= 15 is 0 Å². The molecule has 1 amide bonds. The molecule has 0 bridgehead atoms. The number of rotatable bonds is 11. The first-order valence-electron chi connectivity index (χ1n) is 9.54.